The van der Waals surface area contributed by atoms with Gasteiger partial charge in [-0.3, -0.25) is 4.79 Å². The van der Waals surface area contributed by atoms with Crippen LogP contribution < -0.4 is 10.9 Å². The number of rotatable bonds is 5. The monoisotopic (exact) mass is 370 g/mol. The highest BCUT2D eigenvalue weighted by atomic mass is 79.9. The Kier molecular flexibility index (Phi) is 6.59. The van der Waals surface area contributed by atoms with Crippen LogP contribution in [-0.2, 0) is 0 Å². The molecule has 0 fully saturated rings. The fraction of sp³-hybridized carbons (Fsp3) is 0.438. The van der Waals surface area contributed by atoms with E-state index in [1.165, 1.54) is 12.1 Å². The predicted molar refractivity (Wildman–Crippen MR) is 93.9 cm³/mol. The minimum absolute atomic E-state index is 0. The van der Waals surface area contributed by atoms with Crippen LogP contribution in [0.3, 0.4) is 0 Å². The van der Waals surface area contributed by atoms with Gasteiger partial charge >= 0.3 is 0 Å². The molecule has 0 radical (unpaired) electrons. The Morgan fingerprint density at radius 1 is 1.23 bits per heavy atom. The number of aliphatic hydroxyl groups is 1. The van der Waals surface area contributed by atoms with E-state index >= 15 is 0 Å². The maximum Gasteiger partial charge on any atom is 0.248 e. The van der Waals surface area contributed by atoms with Crippen molar-refractivity contribution in [3.05, 3.63) is 40.2 Å². The molecule has 0 saturated carbocycles. The second-order valence-electron chi connectivity index (χ2n) is 5.57. The van der Waals surface area contributed by atoms with Gasteiger partial charge in [0.05, 0.1) is 11.6 Å². The van der Waals surface area contributed by atoms with Gasteiger partial charge in [-0.05, 0) is 24.1 Å². The van der Waals surface area contributed by atoms with Gasteiger partial charge in [0, 0.05) is 23.5 Å². The zero-order valence-electron chi connectivity index (χ0n) is 13.0. The molecular formula is C16H23BrN2O3. The summed E-state index contributed by atoms with van der Waals surface area (Å²) in [6, 6.07) is 6.39. The average Bonchev–Trinajstić information content (AvgIpc) is 2.45. The van der Waals surface area contributed by atoms with Gasteiger partial charge in [0.25, 0.3) is 0 Å². The number of hydrogen-bond acceptors (Lipinski definition) is 4. The Hall–Kier alpha value is -1.37. The third-order valence-electron chi connectivity index (χ3n) is 3.59. The normalized spacial score (nSPS) is 13.9. The molecule has 0 aliphatic rings. The standard InChI is InChI=1S/C16H22N2O3.BrH/c1-4-12(17-9(2)3)16(21)11-5-7-13(19)15-10(11)6-8-14(20)18-15;/h5-9,12,16-17,19,21H,4H2,1-3H3,(H,18,20);1H. The summed E-state index contributed by atoms with van der Waals surface area (Å²) in [5.74, 6) is 0.00326. The van der Waals surface area contributed by atoms with Crippen LogP contribution in [0.15, 0.2) is 29.1 Å². The van der Waals surface area contributed by atoms with E-state index in [0.29, 0.717) is 16.5 Å². The summed E-state index contributed by atoms with van der Waals surface area (Å²) >= 11 is 0. The van der Waals surface area contributed by atoms with Crippen LogP contribution in [0.1, 0.15) is 38.9 Å². The molecule has 0 saturated heterocycles. The number of aromatic nitrogens is 1. The van der Waals surface area contributed by atoms with Crippen LogP contribution in [-0.4, -0.2) is 27.3 Å². The second kappa shape index (κ2) is 7.76. The number of phenols is 1. The van der Waals surface area contributed by atoms with E-state index in [4.69, 9.17) is 0 Å². The highest BCUT2D eigenvalue weighted by molar-refractivity contribution is 8.93. The quantitative estimate of drug-likeness (QED) is 0.651. The number of pyridine rings is 1. The van der Waals surface area contributed by atoms with Crippen molar-refractivity contribution in [2.45, 2.75) is 45.4 Å². The third-order valence-corrected chi connectivity index (χ3v) is 3.59. The molecule has 2 atom stereocenters. The van der Waals surface area contributed by atoms with E-state index in [-0.39, 0.29) is 40.4 Å². The number of phenolic OH excluding ortho intramolecular Hbond substituents is 1. The van der Waals surface area contributed by atoms with E-state index < -0.39 is 6.10 Å². The zero-order chi connectivity index (χ0) is 15.6. The lowest BCUT2D eigenvalue weighted by Gasteiger charge is -2.26. The van der Waals surface area contributed by atoms with E-state index in [2.05, 4.69) is 10.3 Å². The van der Waals surface area contributed by atoms with Gasteiger partial charge in [-0.2, -0.15) is 0 Å². The van der Waals surface area contributed by atoms with Gasteiger partial charge in [-0.1, -0.05) is 26.8 Å². The topological polar surface area (TPSA) is 85.3 Å². The molecule has 0 amide bonds. The second-order valence-corrected chi connectivity index (χ2v) is 5.57. The SMILES string of the molecule is Br.CCC(NC(C)C)C(O)c1ccc(O)c2[nH]c(=O)ccc12. The molecule has 6 heteroatoms. The van der Waals surface area contributed by atoms with Gasteiger partial charge in [-0.25, -0.2) is 0 Å². The van der Waals surface area contributed by atoms with Crippen molar-refractivity contribution >= 4 is 27.9 Å². The zero-order valence-corrected chi connectivity index (χ0v) is 14.7. The highest BCUT2D eigenvalue weighted by Gasteiger charge is 2.22. The lowest BCUT2D eigenvalue weighted by molar-refractivity contribution is 0.123. The summed E-state index contributed by atoms with van der Waals surface area (Å²) in [5.41, 5.74) is 0.772. The first kappa shape index (κ1) is 18.7. The van der Waals surface area contributed by atoms with E-state index in [9.17, 15) is 15.0 Å². The third kappa shape index (κ3) is 3.88. The number of hydrogen-bond donors (Lipinski definition) is 4. The molecule has 0 bridgehead atoms. The number of benzene rings is 1. The Morgan fingerprint density at radius 3 is 2.50 bits per heavy atom. The molecule has 1 heterocycles. The summed E-state index contributed by atoms with van der Waals surface area (Å²) in [4.78, 5) is 14.0. The van der Waals surface area contributed by atoms with Crippen molar-refractivity contribution in [1.29, 1.82) is 0 Å². The van der Waals surface area contributed by atoms with Crippen LogP contribution in [0, 0.1) is 0 Å². The number of aliphatic hydroxyl groups excluding tert-OH is 1. The maximum atomic E-state index is 11.4. The fourth-order valence-corrected chi connectivity index (χ4v) is 2.59. The number of aromatic amines is 1. The van der Waals surface area contributed by atoms with Crippen LogP contribution in [0.4, 0.5) is 0 Å². The van der Waals surface area contributed by atoms with Crippen molar-refractivity contribution in [3.63, 3.8) is 0 Å². The smallest absolute Gasteiger partial charge is 0.248 e. The molecule has 4 N–H and O–H groups in total. The number of aromatic hydroxyl groups is 1. The van der Waals surface area contributed by atoms with Crippen LogP contribution in [0.2, 0.25) is 0 Å². The predicted octanol–water partition coefficient (Wildman–Crippen LogP) is 2.62. The molecule has 22 heavy (non-hydrogen) atoms. The number of fused-ring (bicyclic) bond motifs is 1. The maximum absolute atomic E-state index is 11.4. The molecule has 122 valence electrons. The Bertz CT molecular complexity index is 685. The summed E-state index contributed by atoms with van der Waals surface area (Å²) < 4.78 is 0. The summed E-state index contributed by atoms with van der Waals surface area (Å²) in [5, 5.41) is 24.5. The van der Waals surface area contributed by atoms with Crippen molar-refractivity contribution in [2.24, 2.45) is 0 Å². The Labute approximate surface area is 140 Å². The largest absolute Gasteiger partial charge is 0.506 e. The van der Waals surface area contributed by atoms with Crippen molar-refractivity contribution in [2.75, 3.05) is 0 Å². The number of halogens is 1. The van der Waals surface area contributed by atoms with Crippen LogP contribution in [0.5, 0.6) is 5.75 Å². The summed E-state index contributed by atoms with van der Waals surface area (Å²) in [6.45, 7) is 6.07. The summed E-state index contributed by atoms with van der Waals surface area (Å²) in [7, 11) is 0. The minimum Gasteiger partial charge on any atom is -0.506 e. The van der Waals surface area contributed by atoms with E-state index in [1.807, 2.05) is 20.8 Å². The Balaban J connectivity index is 0.00000242. The average molecular weight is 371 g/mol. The number of H-pyrrole nitrogens is 1. The first-order valence-electron chi connectivity index (χ1n) is 7.23. The summed E-state index contributed by atoms with van der Waals surface area (Å²) in [6.07, 6.45) is 0.0526. The van der Waals surface area contributed by atoms with E-state index in [1.54, 1.807) is 12.1 Å². The molecule has 0 aliphatic carbocycles. The van der Waals surface area contributed by atoms with Crippen molar-refractivity contribution in [3.8, 4) is 5.75 Å². The van der Waals surface area contributed by atoms with Crippen LogP contribution >= 0.6 is 17.0 Å². The fourth-order valence-electron chi connectivity index (χ4n) is 2.59. The molecule has 5 nitrogen and oxygen atoms in total. The minimum atomic E-state index is -0.716. The van der Waals surface area contributed by atoms with Crippen molar-refractivity contribution < 1.29 is 10.2 Å². The van der Waals surface area contributed by atoms with Gasteiger partial charge in [0.2, 0.25) is 5.56 Å². The molecule has 1 aromatic carbocycles. The first-order valence-corrected chi connectivity index (χ1v) is 7.23. The number of nitrogens with one attached hydrogen (secondary N) is 2. The molecule has 1 aromatic heterocycles. The molecule has 2 unspecified atom stereocenters. The van der Waals surface area contributed by atoms with Gasteiger partial charge < -0.3 is 20.5 Å². The molecule has 0 spiro atoms. The van der Waals surface area contributed by atoms with Gasteiger partial charge in [0.1, 0.15) is 5.75 Å². The molecule has 2 aromatic rings. The molecule has 2 rings (SSSR count). The highest BCUT2D eigenvalue weighted by Crippen LogP contribution is 2.30. The Morgan fingerprint density at radius 2 is 1.91 bits per heavy atom. The van der Waals surface area contributed by atoms with Gasteiger partial charge in [0.15, 0.2) is 0 Å². The van der Waals surface area contributed by atoms with Crippen LogP contribution in [0.25, 0.3) is 10.9 Å². The molecule has 0 aliphatic heterocycles. The van der Waals surface area contributed by atoms with Gasteiger partial charge in [-0.15, -0.1) is 17.0 Å². The molecular weight excluding hydrogens is 348 g/mol. The lowest BCUT2D eigenvalue weighted by Crippen LogP contribution is -2.39. The first-order chi connectivity index (χ1) is 9.93. The van der Waals surface area contributed by atoms with E-state index in [0.717, 1.165) is 6.42 Å². The lowest BCUT2D eigenvalue weighted by atomic mass is 9.95. The van der Waals surface area contributed by atoms with Crippen molar-refractivity contribution in [1.82, 2.24) is 10.3 Å².